The molecule has 0 aliphatic heterocycles. The first kappa shape index (κ1) is 17.7. The molecule has 26 heavy (non-hydrogen) atoms. The zero-order valence-corrected chi connectivity index (χ0v) is 14.9. The number of methoxy groups -OCH3 is 2. The number of aromatic nitrogens is 4. The van der Waals surface area contributed by atoms with Gasteiger partial charge in [-0.15, -0.1) is 10.2 Å². The Bertz CT molecular complexity index is 911. The van der Waals surface area contributed by atoms with Gasteiger partial charge in [0.1, 0.15) is 18.0 Å². The maximum absolute atomic E-state index is 12.3. The number of amides is 1. The lowest BCUT2D eigenvalue weighted by atomic mass is 10.2. The number of tetrazole rings is 1. The van der Waals surface area contributed by atoms with Crippen LogP contribution in [0.3, 0.4) is 0 Å². The predicted octanol–water partition coefficient (Wildman–Crippen LogP) is 2.65. The third-order valence-corrected chi connectivity index (χ3v) is 3.77. The summed E-state index contributed by atoms with van der Waals surface area (Å²) >= 11 is 5.86. The van der Waals surface area contributed by atoms with Crippen LogP contribution in [-0.2, 0) is 11.3 Å². The van der Waals surface area contributed by atoms with Crippen LogP contribution >= 0.6 is 11.6 Å². The number of halogens is 1. The molecule has 1 heterocycles. The standard InChI is InChI=1S/C17H16ClN5O3/c1-25-13-7-8-15(26-2)14(9-13)19-16(24)10-23-21-17(20-22-23)11-3-5-12(18)6-4-11/h3-9H,10H2,1-2H3,(H,19,24). The van der Waals surface area contributed by atoms with E-state index in [1.54, 1.807) is 49.6 Å². The molecule has 134 valence electrons. The number of ether oxygens (including phenoxy) is 2. The predicted molar refractivity (Wildman–Crippen MR) is 96.4 cm³/mol. The minimum atomic E-state index is -0.323. The van der Waals surface area contributed by atoms with E-state index in [0.717, 1.165) is 5.56 Å². The quantitative estimate of drug-likeness (QED) is 0.714. The Morgan fingerprint density at radius 2 is 1.92 bits per heavy atom. The van der Waals surface area contributed by atoms with Crippen LogP contribution in [0, 0.1) is 0 Å². The highest BCUT2D eigenvalue weighted by Gasteiger charge is 2.12. The fraction of sp³-hybridized carbons (Fsp3) is 0.176. The molecular formula is C17H16ClN5O3. The second-order valence-electron chi connectivity index (χ2n) is 5.26. The highest BCUT2D eigenvalue weighted by atomic mass is 35.5. The van der Waals surface area contributed by atoms with Gasteiger partial charge in [0.2, 0.25) is 11.7 Å². The van der Waals surface area contributed by atoms with E-state index in [9.17, 15) is 4.79 Å². The topological polar surface area (TPSA) is 91.2 Å². The number of rotatable bonds is 6. The SMILES string of the molecule is COc1ccc(OC)c(NC(=O)Cn2nnc(-c3ccc(Cl)cc3)n2)c1. The Morgan fingerprint density at radius 1 is 1.15 bits per heavy atom. The van der Waals surface area contributed by atoms with E-state index in [1.165, 1.54) is 11.9 Å². The normalized spacial score (nSPS) is 10.4. The Kier molecular flexibility index (Phi) is 5.33. The van der Waals surface area contributed by atoms with E-state index in [-0.39, 0.29) is 12.5 Å². The molecule has 0 saturated heterocycles. The molecule has 0 saturated carbocycles. The van der Waals surface area contributed by atoms with Gasteiger partial charge < -0.3 is 14.8 Å². The van der Waals surface area contributed by atoms with Gasteiger partial charge in [-0.3, -0.25) is 4.79 Å². The summed E-state index contributed by atoms with van der Waals surface area (Å²) in [5.41, 5.74) is 1.26. The van der Waals surface area contributed by atoms with Crippen LogP contribution in [0.4, 0.5) is 5.69 Å². The van der Waals surface area contributed by atoms with Crippen molar-refractivity contribution >= 4 is 23.2 Å². The van der Waals surface area contributed by atoms with E-state index in [0.29, 0.717) is 28.0 Å². The summed E-state index contributed by atoms with van der Waals surface area (Å²) in [5.74, 6) is 1.21. The van der Waals surface area contributed by atoms with E-state index in [4.69, 9.17) is 21.1 Å². The van der Waals surface area contributed by atoms with Crippen molar-refractivity contribution in [1.82, 2.24) is 20.2 Å². The molecule has 9 heteroatoms. The summed E-state index contributed by atoms with van der Waals surface area (Å²) in [7, 11) is 3.07. The third kappa shape index (κ3) is 4.09. The molecule has 0 spiro atoms. The molecule has 0 radical (unpaired) electrons. The van der Waals surface area contributed by atoms with E-state index in [2.05, 4.69) is 20.7 Å². The molecule has 0 unspecified atom stereocenters. The van der Waals surface area contributed by atoms with Gasteiger partial charge >= 0.3 is 0 Å². The maximum atomic E-state index is 12.3. The molecule has 2 aromatic carbocycles. The molecule has 1 aromatic heterocycles. The Hall–Kier alpha value is -3.13. The largest absolute Gasteiger partial charge is 0.497 e. The second-order valence-corrected chi connectivity index (χ2v) is 5.70. The Labute approximate surface area is 154 Å². The van der Waals surface area contributed by atoms with Crippen LogP contribution in [0.2, 0.25) is 5.02 Å². The number of anilines is 1. The van der Waals surface area contributed by atoms with Crippen molar-refractivity contribution in [2.45, 2.75) is 6.54 Å². The highest BCUT2D eigenvalue weighted by molar-refractivity contribution is 6.30. The number of nitrogens with zero attached hydrogens (tertiary/aromatic N) is 4. The minimum Gasteiger partial charge on any atom is -0.497 e. The Morgan fingerprint density at radius 3 is 2.62 bits per heavy atom. The van der Waals surface area contributed by atoms with Crippen molar-refractivity contribution in [2.75, 3.05) is 19.5 Å². The van der Waals surface area contributed by atoms with Crippen molar-refractivity contribution < 1.29 is 14.3 Å². The average molecular weight is 374 g/mol. The summed E-state index contributed by atoms with van der Waals surface area (Å²) in [6.45, 7) is -0.0963. The molecule has 0 aliphatic carbocycles. The number of carbonyl (C=O) groups is 1. The number of hydrogen-bond acceptors (Lipinski definition) is 6. The number of nitrogens with one attached hydrogen (secondary N) is 1. The zero-order valence-electron chi connectivity index (χ0n) is 14.1. The van der Waals surface area contributed by atoms with Gasteiger partial charge in [0.25, 0.3) is 0 Å². The zero-order chi connectivity index (χ0) is 18.5. The molecule has 0 fully saturated rings. The Balaban J connectivity index is 1.70. The highest BCUT2D eigenvalue weighted by Crippen LogP contribution is 2.28. The number of benzene rings is 2. The fourth-order valence-corrected chi connectivity index (χ4v) is 2.38. The minimum absolute atomic E-state index is 0.0963. The first-order valence-corrected chi connectivity index (χ1v) is 8.02. The van der Waals surface area contributed by atoms with Crippen LogP contribution in [0.25, 0.3) is 11.4 Å². The molecule has 1 amide bonds. The van der Waals surface area contributed by atoms with E-state index >= 15 is 0 Å². The molecule has 3 rings (SSSR count). The van der Waals surface area contributed by atoms with Crippen molar-refractivity contribution in [1.29, 1.82) is 0 Å². The second kappa shape index (κ2) is 7.83. The van der Waals surface area contributed by atoms with Crippen molar-refractivity contribution in [3.8, 4) is 22.9 Å². The first-order valence-electron chi connectivity index (χ1n) is 7.64. The summed E-state index contributed by atoms with van der Waals surface area (Å²) < 4.78 is 10.4. The van der Waals surface area contributed by atoms with Gasteiger partial charge in [-0.1, -0.05) is 11.6 Å². The van der Waals surface area contributed by atoms with Gasteiger partial charge in [-0.2, -0.15) is 4.80 Å². The average Bonchev–Trinajstić information content (AvgIpc) is 3.10. The van der Waals surface area contributed by atoms with Crippen molar-refractivity contribution in [3.05, 3.63) is 47.5 Å². The molecule has 3 aromatic rings. The lowest BCUT2D eigenvalue weighted by Gasteiger charge is -2.11. The molecule has 0 bridgehead atoms. The van der Waals surface area contributed by atoms with Gasteiger partial charge in [0, 0.05) is 16.7 Å². The van der Waals surface area contributed by atoms with Gasteiger partial charge in [0.15, 0.2) is 0 Å². The number of hydrogen-bond donors (Lipinski definition) is 1. The van der Waals surface area contributed by atoms with Crippen LogP contribution in [0.1, 0.15) is 0 Å². The maximum Gasteiger partial charge on any atom is 0.248 e. The third-order valence-electron chi connectivity index (χ3n) is 3.52. The summed E-state index contributed by atoms with van der Waals surface area (Å²) in [6.07, 6.45) is 0. The lowest BCUT2D eigenvalue weighted by molar-refractivity contribution is -0.117. The smallest absolute Gasteiger partial charge is 0.248 e. The molecule has 1 N–H and O–H groups in total. The van der Waals surface area contributed by atoms with Crippen LogP contribution < -0.4 is 14.8 Å². The lowest BCUT2D eigenvalue weighted by Crippen LogP contribution is -2.20. The van der Waals surface area contributed by atoms with Crippen LogP contribution in [0.5, 0.6) is 11.5 Å². The summed E-state index contributed by atoms with van der Waals surface area (Å²) in [4.78, 5) is 13.5. The van der Waals surface area contributed by atoms with E-state index < -0.39 is 0 Å². The van der Waals surface area contributed by atoms with Crippen molar-refractivity contribution in [3.63, 3.8) is 0 Å². The molecule has 8 nitrogen and oxygen atoms in total. The van der Waals surface area contributed by atoms with Crippen LogP contribution in [0.15, 0.2) is 42.5 Å². The molecule has 0 aliphatic rings. The summed E-state index contributed by atoms with van der Waals surface area (Å²) in [5, 5.41) is 15.4. The van der Waals surface area contributed by atoms with Gasteiger partial charge in [-0.25, -0.2) is 0 Å². The van der Waals surface area contributed by atoms with Gasteiger partial charge in [-0.05, 0) is 41.6 Å². The monoisotopic (exact) mass is 373 g/mol. The first-order chi connectivity index (χ1) is 12.6. The summed E-state index contributed by atoms with van der Waals surface area (Å²) in [6, 6.07) is 12.2. The molecular weight excluding hydrogens is 358 g/mol. The van der Waals surface area contributed by atoms with E-state index in [1.807, 2.05) is 0 Å². The van der Waals surface area contributed by atoms with Gasteiger partial charge in [0.05, 0.1) is 19.9 Å². The fourth-order valence-electron chi connectivity index (χ4n) is 2.25. The van der Waals surface area contributed by atoms with Crippen LogP contribution in [-0.4, -0.2) is 40.3 Å². The number of carbonyl (C=O) groups excluding carboxylic acids is 1. The molecule has 0 atom stereocenters. The van der Waals surface area contributed by atoms with Crippen molar-refractivity contribution in [2.24, 2.45) is 0 Å².